The number of hydrogen-bond acceptors (Lipinski definition) is 5. The normalized spacial score (nSPS) is 11.5. The van der Waals surface area contributed by atoms with E-state index in [1.807, 2.05) is 13.0 Å². The number of carbonyl (C=O) groups is 1. The largest absolute Gasteiger partial charge is 0.423 e. The first-order valence-electron chi connectivity index (χ1n) is 6.76. The zero-order chi connectivity index (χ0) is 17.0. The molecule has 23 heavy (non-hydrogen) atoms. The van der Waals surface area contributed by atoms with Gasteiger partial charge in [-0.15, -0.1) is 0 Å². The average molecular weight is 335 g/mol. The van der Waals surface area contributed by atoms with Gasteiger partial charge in [0.25, 0.3) is 10.0 Å². The Bertz CT molecular complexity index is 817. The maximum absolute atomic E-state index is 12.2. The van der Waals surface area contributed by atoms with E-state index in [4.69, 9.17) is 9.57 Å². The molecule has 7 heteroatoms. The number of hydrogen-bond donors (Lipinski definition) is 0. The lowest BCUT2D eigenvalue weighted by molar-refractivity contribution is -0.0258. The molecule has 0 aromatic heterocycles. The lowest BCUT2D eigenvalue weighted by Gasteiger charge is -2.14. The molecule has 0 spiro atoms. The zero-order valence-electron chi connectivity index (χ0n) is 13.0. The number of carbonyl (C=O) groups excluding carboxylic acids is 1. The Morgan fingerprint density at radius 3 is 2.43 bits per heavy atom. The summed E-state index contributed by atoms with van der Waals surface area (Å²) in [5.74, 6) is -0.231. The zero-order valence-corrected chi connectivity index (χ0v) is 13.8. The van der Waals surface area contributed by atoms with E-state index in [1.54, 1.807) is 18.2 Å². The molecule has 0 amide bonds. The monoisotopic (exact) mass is 335 g/mol. The maximum atomic E-state index is 12.2. The summed E-state index contributed by atoms with van der Waals surface area (Å²) in [7, 11) is -1.31. The van der Waals surface area contributed by atoms with Gasteiger partial charge in [-0.3, -0.25) is 4.84 Å². The summed E-state index contributed by atoms with van der Waals surface area (Å²) in [6, 6.07) is 12.6. The number of nitrogens with zero attached hydrogens (tertiary/aromatic N) is 1. The number of esters is 1. The third-order valence-corrected chi connectivity index (χ3v) is 4.84. The van der Waals surface area contributed by atoms with Gasteiger partial charge in [0.2, 0.25) is 0 Å². The van der Waals surface area contributed by atoms with Crippen LogP contribution in [-0.2, 0) is 14.9 Å². The maximum Gasteiger partial charge on any atom is 0.343 e. The Morgan fingerprint density at radius 2 is 1.78 bits per heavy atom. The van der Waals surface area contributed by atoms with Crippen LogP contribution in [0.2, 0.25) is 0 Å². The highest BCUT2D eigenvalue weighted by atomic mass is 32.2. The van der Waals surface area contributed by atoms with Gasteiger partial charge in [0, 0.05) is 7.05 Å². The fourth-order valence-electron chi connectivity index (χ4n) is 1.87. The molecule has 0 aliphatic carbocycles. The molecule has 122 valence electrons. The van der Waals surface area contributed by atoms with Gasteiger partial charge in [0.1, 0.15) is 5.75 Å². The topological polar surface area (TPSA) is 72.9 Å². The van der Waals surface area contributed by atoms with Crippen molar-refractivity contribution >= 4 is 16.0 Å². The SMILES string of the molecule is CON(C)S(=O)(=O)c1cccc(C(=O)Oc2cccc(C)c2)c1. The van der Waals surface area contributed by atoms with Crippen LogP contribution in [0.4, 0.5) is 0 Å². The van der Waals surface area contributed by atoms with E-state index in [9.17, 15) is 13.2 Å². The number of sulfonamides is 1. The van der Waals surface area contributed by atoms with Crippen LogP contribution >= 0.6 is 0 Å². The summed E-state index contributed by atoms with van der Waals surface area (Å²) in [6.45, 7) is 1.88. The quantitative estimate of drug-likeness (QED) is 0.476. The Balaban J connectivity index is 2.28. The lowest BCUT2D eigenvalue weighted by Crippen LogP contribution is -2.26. The molecule has 2 aromatic carbocycles. The Labute approximate surface area is 135 Å². The first kappa shape index (κ1) is 17.1. The molecular formula is C16H17NO5S. The highest BCUT2D eigenvalue weighted by molar-refractivity contribution is 7.89. The van der Waals surface area contributed by atoms with E-state index in [0.29, 0.717) is 5.75 Å². The molecule has 0 radical (unpaired) electrons. The first-order chi connectivity index (χ1) is 10.8. The fraction of sp³-hybridized carbons (Fsp3) is 0.188. The summed E-state index contributed by atoms with van der Waals surface area (Å²) in [6.07, 6.45) is 0. The number of benzene rings is 2. The summed E-state index contributed by atoms with van der Waals surface area (Å²) in [5, 5.41) is 0. The van der Waals surface area contributed by atoms with Crippen LogP contribution in [0.3, 0.4) is 0 Å². The highest BCUT2D eigenvalue weighted by Crippen LogP contribution is 2.18. The van der Waals surface area contributed by atoms with Crippen molar-refractivity contribution in [2.45, 2.75) is 11.8 Å². The third kappa shape index (κ3) is 3.95. The van der Waals surface area contributed by atoms with E-state index < -0.39 is 16.0 Å². The second-order valence-corrected chi connectivity index (χ2v) is 6.77. The minimum Gasteiger partial charge on any atom is -0.423 e. The lowest BCUT2D eigenvalue weighted by atomic mass is 10.2. The molecule has 0 atom stereocenters. The van der Waals surface area contributed by atoms with Gasteiger partial charge in [0.15, 0.2) is 0 Å². The number of rotatable bonds is 5. The molecule has 6 nitrogen and oxygen atoms in total. The van der Waals surface area contributed by atoms with Crippen molar-refractivity contribution in [1.29, 1.82) is 0 Å². The second kappa shape index (κ2) is 6.91. The van der Waals surface area contributed by atoms with E-state index >= 15 is 0 Å². The summed E-state index contributed by atoms with van der Waals surface area (Å²) in [4.78, 5) is 16.8. The molecule has 0 saturated carbocycles. The molecule has 0 saturated heterocycles. The van der Waals surface area contributed by atoms with Gasteiger partial charge in [-0.2, -0.15) is 0 Å². The van der Waals surface area contributed by atoms with Gasteiger partial charge in [-0.25, -0.2) is 13.2 Å². The third-order valence-electron chi connectivity index (χ3n) is 3.16. The van der Waals surface area contributed by atoms with Crippen LogP contribution in [0.5, 0.6) is 5.75 Å². The minimum atomic E-state index is -3.82. The Hall–Kier alpha value is -2.22. The number of hydroxylamine groups is 1. The predicted octanol–water partition coefficient (Wildman–Crippen LogP) is 2.40. The Morgan fingerprint density at radius 1 is 1.09 bits per heavy atom. The van der Waals surface area contributed by atoms with Crippen LogP contribution in [0.1, 0.15) is 15.9 Å². The molecule has 0 N–H and O–H groups in total. The van der Waals surface area contributed by atoms with Crippen LogP contribution in [0, 0.1) is 6.92 Å². The van der Waals surface area contributed by atoms with Gasteiger partial charge in [-0.05, 0) is 42.8 Å². The minimum absolute atomic E-state index is 0.0551. The average Bonchev–Trinajstić information content (AvgIpc) is 2.54. The van der Waals surface area contributed by atoms with E-state index in [-0.39, 0.29) is 10.5 Å². The molecular weight excluding hydrogens is 318 g/mol. The van der Waals surface area contributed by atoms with Crippen LogP contribution < -0.4 is 4.74 Å². The van der Waals surface area contributed by atoms with Crippen LogP contribution in [-0.4, -0.2) is 33.0 Å². The molecule has 0 fully saturated rings. The number of ether oxygens (including phenoxy) is 1. The van der Waals surface area contributed by atoms with E-state index in [0.717, 1.165) is 10.0 Å². The van der Waals surface area contributed by atoms with Gasteiger partial charge in [-0.1, -0.05) is 22.7 Å². The van der Waals surface area contributed by atoms with Crippen molar-refractivity contribution in [2.24, 2.45) is 0 Å². The molecule has 2 rings (SSSR count). The van der Waals surface area contributed by atoms with Crippen molar-refractivity contribution in [3.63, 3.8) is 0 Å². The molecule has 0 heterocycles. The van der Waals surface area contributed by atoms with Gasteiger partial charge < -0.3 is 4.74 Å². The van der Waals surface area contributed by atoms with E-state index in [1.165, 1.54) is 38.4 Å². The van der Waals surface area contributed by atoms with Gasteiger partial charge >= 0.3 is 5.97 Å². The Kier molecular flexibility index (Phi) is 5.15. The fourth-order valence-corrected chi connectivity index (χ4v) is 2.89. The molecule has 0 bridgehead atoms. The number of aryl methyl sites for hydroxylation is 1. The van der Waals surface area contributed by atoms with Gasteiger partial charge in [0.05, 0.1) is 17.6 Å². The molecule has 0 aliphatic rings. The van der Waals surface area contributed by atoms with Crippen molar-refractivity contribution in [3.05, 3.63) is 59.7 Å². The first-order valence-corrected chi connectivity index (χ1v) is 8.20. The summed E-state index contributed by atoms with van der Waals surface area (Å²) < 4.78 is 30.4. The van der Waals surface area contributed by atoms with Crippen molar-refractivity contribution in [3.8, 4) is 5.75 Å². The highest BCUT2D eigenvalue weighted by Gasteiger charge is 2.22. The summed E-state index contributed by atoms with van der Waals surface area (Å²) in [5.41, 5.74) is 1.09. The second-order valence-electron chi connectivity index (χ2n) is 4.83. The standard InChI is InChI=1S/C16H17NO5S/c1-12-6-4-8-14(10-12)22-16(18)13-7-5-9-15(11-13)23(19,20)17(2)21-3/h4-11H,1-3H3. The molecule has 2 aromatic rings. The summed E-state index contributed by atoms with van der Waals surface area (Å²) >= 11 is 0. The van der Waals surface area contributed by atoms with Crippen LogP contribution in [0.25, 0.3) is 0 Å². The molecule has 0 aliphatic heterocycles. The predicted molar refractivity (Wildman–Crippen MR) is 84.5 cm³/mol. The molecule has 0 unspecified atom stereocenters. The van der Waals surface area contributed by atoms with Crippen molar-refractivity contribution in [2.75, 3.05) is 14.2 Å². The van der Waals surface area contributed by atoms with Crippen molar-refractivity contribution in [1.82, 2.24) is 4.47 Å². The smallest absolute Gasteiger partial charge is 0.343 e. The van der Waals surface area contributed by atoms with Crippen molar-refractivity contribution < 1.29 is 22.8 Å². The van der Waals surface area contributed by atoms with Crippen LogP contribution in [0.15, 0.2) is 53.4 Å². The van der Waals surface area contributed by atoms with E-state index in [2.05, 4.69) is 0 Å².